The lowest BCUT2D eigenvalue weighted by Crippen LogP contribution is -2.31. The van der Waals surface area contributed by atoms with Gasteiger partial charge in [-0.3, -0.25) is 4.79 Å². The highest BCUT2D eigenvalue weighted by Crippen LogP contribution is 2.24. The first-order valence-electron chi connectivity index (χ1n) is 8.70. The van der Waals surface area contributed by atoms with Crippen LogP contribution in [0.3, 0.4) is 0 Å². The molecule has 3 rings (SSSR count). The van der Waals surface area contributed by atoms with E-state index in [0.717, 1.165) is 27.9 Å². The molecule has 1 amide bonds. The second-order valence-electron chi connectivity index (χ2n) is 6.02. The van der Waals surface area contributed by atoms with E-state index in [9.17, 15) is 4.79 Å². The molecular formula is C21H24N2O2. The molecule has 0 aliphatic heterocycles. The van der Waals surface area contributed by atoms with Gasteiger partial charge in [-0.2, -0.15) is 0 Å². The third kappa shape index (κ3) is 3.53. The number of hydrogen-bond acceptors (Lipinski definition) is 2. The summed E-state index contributed by atoms with van der Waals surface area (Å²) in [6.45, 7) is 5.23. The lowest BCUT2D eigenvalue weighted by Gasteiger charge is -2.21. The maximum absolute atomic E-state index is 12.9. The summed E-state index contributed by atoms with van der Waals surface area (Å²) in [5.41, 5.74) is 3.11. The third-order valence-corrected chi connectivity index (χ3v) is 4.40. The topological polar surface area (TPSA) is 34.5 Å². The highest BCUT2D eigenvalue weighted by molar-refractivity contribution is 5.97. The number of aromatic nitrogens is 1. The second kappa shape index (κ2) is 7.43. The number of aryl methyl sites for hydroxylation is 1. The molecule has 4 nitrogen and oxygen atoms in total. The standard InChI is InChI=1S/C21H24N2O2/c1-4-23(17-10-12-18(13-11-17)25-5-2)21(24)14-16-15-22(3)20-9-7-6-8-19(16)20/h6-13,15H,4-5,14H2,1-3H3. The van der Waals surface area contributed by atoms with Crippen molar-refractivity contribution in [1.29, 1.82) is 0 Å². The molecule has 1 heterocycles. The van der Waals surface area contributed by atoms with Crippen LogP contribution in [0, 0.1) is 0 Å². The van der Waals surface area contributed by atoms with Crippen molar-refractivity contribution in [1.82, 2.24) is 4.57 Å². The molecule has 0 unspecified atom stereocenters. The summed E-state index contributed by atoms with van der Waals surface area (Å²) in [6.07, 6.45) is 2.44. The van der Waals surface area contributed by atoms with Gasteiger partial charge in [0.05, 0.1) is 13.0 Å². The number of benzene rings is 2. The number of likely N-dealkylation sites (N-methyl/N-ethyl adjacent to an activating group) is 1. The minimum Gasteiger partial charge on any atom is -0.494 e. The SMILES string of the molecule is CCOc1ccc(N(CC)C(=O)Cc2cn(C)c3ccccc23)cc1. The Bertz CT molecular complexity index is 865. The lowest BCUT2D eigenvalue weighted by atomic mass is 10.1. The Morgan fingerprint density at radius 3 is 2.48 bits per heavy atom. The van der Waals surface area contributed by atoms with E-state index in [1.54, 1.807) is 0 Å². The molecule has 4 heteroatoms. The number of ether oxygens (including phenoxy) is 1. The number of para-hydroxylation sites is 1. The molecule has 0 bridgehead atoms. The van der Waals surface area contributed by atoms with E-state index in [2.05, 4.69) is 22.9 Å². The van der Waals surface area contributed by atoms with Crippen LogP contribution in [-0.4, -0.2) is 23.6 Å². The van der Waals surface area contributed by atoms with Crippen LogP contribution in [0.25, 0.3) is 10.9 Å². The average molecular weight is 336 g/mol. The monoisotopic (exact) mass is 336 g/mol. The maximum atomic E-state index is 12.9. The van der Waals surface area contributed by atoms with E-state index in [1.807, 2.05) is 62.2 Å². The molecule has 0 aliphatic rings. The van der Waals surface area contributed by atoms with E-state index in [1.165, 1.54) is 0 Å². The molecule has 0 aliphatic carbocycles. The fraction of sp³-hybridized carbons (Fsp3) is 0.286. The van der Waals surface area contributed by atoms with Gasteiger partial charge in [-0.05, 0) is 49.7 Å². The summed E-state index contributed by atoms with van der Waals surface area (Å²) >= 11 is 0. The average Bonchev–Trinajstić information content (AvgIpc) is 2.93. The zero-order chi connectivity index (χ0) is 17.8. The van der Waals surface area contributed by atoms with Crippen molar-refractivity contribution in [2.45, 2.75) is 20.3 Å². The Morgan fingerprint density at radius 1 is 1.08 bits per heavy atom. The fourth-order valence-corrected chi connectivity index (χ4v) is 3.22. The van der Waals surface area contributed by atoms with Gasteiger partial charge in [0.25, 0.3) is 0 Å². The van der Waals surface area contributed by atoms with E-state index in [-0.39, 0.29) is 5.91 Å². The van der Waals surface area contributed by atoms with E-state index >= 15 is 0 Å². The molecule has 3 aromatic rings. The minimum atomic E-state index is 0.100. The van der Waals surface area contributed by atoms with Crippen LogP contribution in [0.1, 0.15) is 19.4 Å². The summed E-state index contributed by atoms with van der Waals surface area (Å²) in [6, 6.07) is 15.9. The van der Waals surface area contributed by atoms with Gasteiger partial charge in [-0.15, -0.1) is 0 Å². The molecule has 0 fully saturated rings. The van der Waals surface area contributed by atoms with Crippen LogP contribution in [0.2, 0.25) is 0 Å². The molecule has 0 saturated heterocycles. The van der Waals surface area contributed by atoms with Crippen molar-refractivity contribution in [2.75, 3.05) is 18.1 Å². The number of anilines is 1. The molecule has 130 valence electrons. The number of rotatable bonds is 6. The smallest absolute Gasteiger partial charge is 0.231 e. The van der Waals surface area contributed by atoms with E-state index in [4.69, 9.17) is 4.74 Å². The van der Waals surface area contributed by atoms with Gasteiger partial charge in [0.15, 0.2) is 0 Å². The summed E-state index contributed by atoms with van der Waals surface area (Å²) in [5.74, 6) is 0.923. The number of carbonyl (C=O) groups is 1. The van der Waals surface area contributed by atoms with Crippen molar-refractivity contribution >= 4 is 22.5 Å². The summed E-state index contributed by atoms with van der Waals surface area (Å²) in [4.78, 5) is 14.7. The van der Waals surface area contributed by atoms with Gasteiger partial charge < -0.3 is 14.2 Å². The number of fused-ring (bicyclic) bond motifs is 1. The Kier molecular flexibility index (Phi) is 5.08. The molecule has 0 atom stereocenters. The molecule has 1 aromatic heterocycles. The van der Waals surface area contributed by atoms with Crippen LogP contribution in [0.15, 0.2) is 54.7 Å². The highest BCUT2D eigenvalue weighted by Gasteiger charge is 2.17. The van der Waals surface area contributed by atoms with Crippen molar-refractivity contribution in [3.63, 3.8) is 0 Å². The first-order valence-corrected chi connectivity index (χ1v) is 8.70. The predicted molar refractivity (Wildman–Crippen MR) is 102 cm³/mol. The summed E-state index contributed by atoms with van der Waals surface area (Å²) in [7, 11) is 2.01. The van der Waals surface area contributed by atoms with Gasteiger partial charge in [-0.1, -0.05) is 18.2 Å². The van der Waals surface area contributed by atoms with E-state index < -0.39 is 0 Å². The molecule has 2 aromatic carbocycles. The normalized spacial score (nSPS) is 10.8. The van der Waals surface area contributed by atoms with Crippen molar-refractivity contribution in [3.8, 4) is 5.75 Å². The predicted octanol–water partition coefficient (Wildman–Crippen LogP) is 4.17. The van der Waals surface area contributed by atoms with Gasteiger partial charge in [0.1, 0.15) is 5.75 Å². The van der Waals surface area contributed by atoms with Gasteiger partial charge in [0.2, 0.25) is 5.91 Å². The first kappa shape index (κ1) is 17.1. The van der Waals surface area contributed by atoms with Crippen molar-refractivity contribution in [2.24, 2.45) is 7.05 Å². The molecule has 0 N–H and O–H groups in total. The van der Waals surface area contributed by atoms with Crippen molar-refractivity contribution in [3.05, 3.63) is 60.3 Å². The van der Waals surface area contributed by atoms with Crippen LogP contribution in [-0.2, 0) is 18.3 Å². The molecule has 0 spiro atoms. The zero-order valence-corrected chi connectivity index (χ0v) is 15.0. The second-order valence-corrected chi connectivity index (χ2v) is 6.02. The Morgan fingerprint density at radius 2 is 1.80 bits per heavy atom. The zero-order valence-electron chi connectivity index (χ0n) is 15.0. The summed E-state index contributed by atoms with van der Waals surface area (Å²) in [5, 5.41) is 1.14. The molecule has 0 radical (unpaired) electrons. The highest BCUT2D eigenvalue weighted by atomic mass is 16.5. The van der Waals surface area contributed by atoms with Crippen LogP contribution in [0.4, 0.5) is 5.69 Å². The summed E-state index contributed by atoms with van der Waals surface area (Å²) < 4.78 is 7.55. The minimum absolute atomic E-state index is 0.100. The first-order chi connectivity index (χ1) is 12.1. The molecule has 0 saturated carbocycles. The lowest BCUT2D eigenvalue weighted by molar-refractivity contribution is -0.117. The Balaban J connectivity index is 1.82. The number of carbonyl (C=O) groups excluding carboxylic acids is 1. The Labute approximate surface area is 148 Å². The molecular weight excluding hydrogens is 312 g/mol. The number of nitrogens with zero attached hydrogens (tertiary/aromatic N) is 2. The fourth-order valence-electron chi connectivity index (χ4n) is 3.22. The third-order valence-electron chi connectivity index (χ3n) is 4.40. The van der Waals surface area contributed by atoms with E-state index in [0.29, 0.717) is 19.6 Å². The number of hydrogen-bond donors (Lipinski definition) is 0. The largest absolute Gasteiger partial charge is 0.494 e. The van der Waals surface area contributed by atoms with Crippen LogP contribution >= 0.6 is 0 Å². The Hall–Kier alpha value is -2.75. The van der Waals surface area contributed by atoms with Crippen molar-refractivity contribution < 1.29 is 9.53 Å². The van der Waals surface area contributed by atoms with Crippen LogP contribution in [0.5, 0.6) is 5.75 Å². The molecule has 25 heavy (non-hydrogen) atoms. The van der Waals surface area contributed by atoms with Gasteiger partial charge in [0, 0.05) is 36.4 Å². The van der Waals surface area contributed by atoms with Gasteiger partial charge in [-0.25, -0.2) is 0 Å². The maximum Gasteiger partial charge on any atom is 0.231 e. The number of amides is 1. The van der Waals surface area contributed by atoms with Crippen LogP contribution < -0.4 is 9.64 Å². The van der Waals surface area contributed by atoms with Gasteiger partial charge >= 0.3 is 0 Å². The quantitative estimate of drug-likeness (QED) is 0.677.